The Balaban J connectivity index is 2.31. The van der Waals surface area contributed by atoms with Gasteiger partial charge in [-0.25, -0.2) is 0 Å². The van der Waals surface area contributed by atoms with Gasteiger partial charge in [-0.15, -0.1) is 0 Å². The number of hydrogen-bond donors (Lipinski definition) is 0. The van der Waals surface area contributed by atoms with Crippen molar-refractivity contribution in [3.8, 4) is 0 Å². The number of benzene rings is 1. The summed E-state index contributed by atoms with van der Waals surface area (Å²) in [6, 6.07) is 7.04. The molecule has 1 aliphatic carbocycles. The van der Waals surface area contributed by atoms with Crippen LogP contribution in [0.3, 0.4) is 0 Å². The monoisotopic (exact) mass is 237 g/mol. The zero-order valence-electron chi connectivity index (χ0n) is 10.2. The molecule has 88 valence electrons. The van der Waals surface area contributed by atoms with E-state index in [4.69, 9.17) is 0 Å². The maximum atomic E-state index is 12.3. The summed E-state index contributed by atoms with van der Waals surface area (Å²) in [5.74, 6) is -0.279. The number of ketones is 2. The van der Waals surface area contributed by atoms with Gasteiger partial charge in [0.25, 0.3) is 0 Å². The summed E-state index contributed by atoms with van der Waals surface area (Å²) in [5.41, 5.74) is 3.46. The molecule has 1 heterocycles. The minimum Gasteiger partial charge on any atom is -0.288 e. The third-order valence-corrected chi connectivity index (χ3v) is 3.15. The first-order chi connectivity index (χ1) is 8.58. The van der Waals surface area contributed by atoms with Crippen LogP contribution in [-0.2, 0) is 0 Å². The molecule has 3 rings (SSSR count). The molecule has 0 saturated carbocycles. The number of aromatic nitrogens is 1. The molecule has 18 heavy (non-hydrogen) atoms. The fraction of sp³-hybridized carbons (Fsp3) is 0.133. The number of pyridine rings is 1. The van der Waals surface area contributed by atoms with Gasteiger partial charge in [0.15, 0.2) is 5.78 Å². The Morgan fingerprint density at radius 2 is 1.56 bits per heavy atom. The van der Waals surface area contributed by atoms with Crippen LogP contribution >= 0.6 is 0 Å². The maximum Gasteiger partial charge on any atom is 0.212 e. The van der Waals surface area contributed by atoms with Crippen molar-refractivity contribution in [2.45, 2.75) is 13.8 Å². The number of hydrogen-bond acceptors (Lipinski definition) is 3. The number of fused-ring (bicyclic) bond motifs is 2. The molecule has 3 nitrogen and oxygen atoms in total. The van der Waals surface area contributed by atoms with Crippen molar-refractivity contribution in [3.05, 3.63) is 64.0 Å². The Bertz CT molecular complexity index is 640. The topological polar surface area (TPSA) is 47.0 Å². The van der Waals surface area contributed by atoms with Crippen molar-refractivity contribution in [2.24, 2.45) is 0 Å². The quantitative estimate of drug-likeness (QED) is 0.603. The Labute approximate surface area is 104 Å². The lowest BCUT2D eigenvalue weighted by molar-refractivity contribution is 0.0975. The average Bonchev–Trinajstić information content (AvgIpc) is 2.36. The van der Waals surface area contributed by atoms with Crippen LogP contribution in [0.5, 0.6) is 0 Å². The first kappa shape index (κ1) is 10.8. The molecule has 0 fully saturated rings. The number of carbonyl (C=O) groups is 2. The summed E-state index contributed by atoms with van der Waals surface area (Å²) >= 11 is 0. The minimum atomic E-state index is -0.164. The summed E-state index contributed by atoms with van der Waals surface area (Å²) < 4.78 is 0. The van der Waals surface area contributed by atoms with Crippen molar-refractivity contribution in [1.82, 2.24) is 4.98 Å². The van der Waals surface area contributed by atoms with E-state index in [1.54, 1.807) is 24.4 Å². The summed E-state index contributed by atoms with van der Waals surface area (Å²) in [6.45, 7) is 3.76. The minimum absolute atomic E-state index is 0.115. The van der Waals surface area contributed by atoms with Crippen LogP contribution < -0.4 is 0 Å². The van der Waals surface area contributed by atoms with E-state index in [9.17, 15) is 9.59 Å². The van der Waals surface area contributed by atoms with Crippen LogP contribution in [0.4, 0.5) is 0 Å². The summed E-state index contributed by atoms with van der Waals surface area (Å²) in [6.07, 6.45) is 1.62. The largest absolute Gasteiger partial charge is 0.288 e. The number of carbonyl (C=O) groups excluding carboxylic acids is 2. The van der Waals surface area contributed by atoms with Crippen molar-refractivity contribution >= 4 is 11.6 Å². The Morgan fingerprint density at radius 3 is 2.33 bits per heavy atom. The highest BCUT2D eigenvalue weighted by atomic mass is 16.1. The molecule has 1 aromatic heterocycles. The first-order valence-electron chi connectivity index (χ1n) is 5.74. The Hall–Kier alpha value is -2.29. The molecule has 0 aliphatic heterocycles. The third kappa shape index (κ3) is 1.40. The molecule has 1 aromatic carbocycles. The molecule has 0 radical (unpaired) electrons. The molecular formula is C15H11NO2. The highest BCUT2D eigenvalue weighted by Crippen LogP contribution is 2.27. The van der Waals surface area contributed by atoms with E-state index in [1.165, 1.54) is 0 Å². The van der Waals surface area contributed by atoms with Gasteiger partial charge in [0.2, 0.25) is 5.78 Å². The Morgan fingerprint density at radius 1 is 0.833 bits per heavy atom. The highest BCUT2D eigenvalue weighted by molar-refractivity contribution is 6.27. The van der Waals surface area contributed by atoms with Gasteiger partial charge in [0.05, 0.1) is 5.56 Å². The second-order valence-electron chi connectivity index (χ2n) is 4.62. The van der Waals surface area contributed by atoms with Crippen molar-refractivity contribution < 1.29 is 9.59 Å². The maximum absolute atomic E-state index is 12.3. The van der Waals surface area contributed by atoms with Crippen LogP contribution in [0.1, 0.15) is 43.1 Å². The zero-order chi connectivity index (χ0) is 12.9. The van der Waals surface area contributed by atoms with Gasteiger partial charge in [-0.2, -0.15) is 0 Å². The third-order valence-electron chi connectivity index (χ3n) is 3.15. The smallest absolute Gasteiger partial charge is 0.212 e. The van der Waals surface area contributed by atoms with Gasteiger partial charge >= 0.3 is 0 Å². The van der Waals surface area contributed by atoms with Gasteiger partial charge in [-0.1, -0.05) is 17.7 Å². The number of rotatable bonds is 0. The van der Waals surface area contributed by atoms with Crippen molar-refractivity contribution in [3.63, 3.8) is 0 Å². The van der Waals surface area contributed by atoms with Gasteiger partial charge < -0.3 is 0 Å². The SMILES string of the molecule is Cc1ccc2c(c1)C(=O)c1ncc(C)cc1C2=O. The lowest BCUT2D eigenvalue weighted by atomic mass is 9.86. The van der Waals surface area contributed by atoms with E-state index in [2.05, 4.69) is 4.98 Å². The molecular weight excluding hydrogens is 226 g/mol. The predicted molar refractivity (Wildman–Crippen MR) is 67.0 cm³/mol. The van der Waals surface area contributed by atoms with Crippen LogP contribution in [-0.4, -0.2) is 16.6 Å². The summed E-state index contributed by atoms with van der Waals surface area (Å²) in [4.78, 5) is 28.7. The predicted octanol–water partition coefficient (Wildman–Crippen LogP) is 2.47. The van der Waals surface area contributed by atoms with Crippen LogP contribution in [0.2, 0.25) is 0 Å². The lowest BCUT2D eigenvalue weighted by Gasteiger charge is -2.17. The van der Waals surface area contributed by atoms with Crippen molar-refractivity contribution in [2.75, 3.05) is 0 Å². The normalized spacial score (nSPS) is 13.2. The second-order valence-corrected chi connectivity index (χ2v) is 4.62. The molecule has 1 aliphatic rings. The average molecular weight is 237 g/mol. The van der Waals surface area contributed by atoms with Gasteiger partial charge in [0, 0.05) is 17.3 Å². The van der Waals surface area contributed by atoms with Crippen LogP contribution in [0.25, 0.3) is 0 Å². The molecule has 0 N–H and O–H groups in total. The molecule has 0 saturated heterocycles. The fourth-order valence-corrected chi connectivity index (χ4v) is 2.24. The molecule has 0 amide bonds. The van der Waals surface area contributed by atoms with Gasteiger partial charge in [0.1, 0.15) is 5.69 Å². The number of nitrogens with zero attached hydrogens (tertiary/aromatic N) is 1. The van der Waals surface area contributed by atoms with Crippen LogP contribution in [0, 0.1) is 13.8 Å². The molecule has 0 atom stereocenters. The zero-order valence-corrected chi connectivity index (χ0v) is 10.2. The van der Waals surface area contributed by atoms with E-state index in [1.807, 2.05) is 19.9 Å². The van der Waals surface area contributed by atoms with E-state index in [-0.39, 0.29) is 17.3 Å². The standard InChI is InChI=1S/C15H11NO2/c1-8-3-4-10-11(5-8)15(18)13-12(14(10)17)6-9(2)7-16-13/h3-7H,1-2H3. The van der Waals surface area contributed by atoms with E-state index in [0.717, 1.165) is 11.1 Å². The molecule has 2 aromatic rings. The van der Waals surface area contributed by atoms with Crippen LogP contribution in [0.15, 0.2) is 30.5 Å². The Kier molecular flexibility index (Phi) is 2.17. The lowest BCUT2D eigenvalue weighted by Crippen LogP contribution is -2.22. The van der Waals surface area contributed by atoms with E-state index < -0.39 is 0 Å². The molecule has 0 spiro atoms. The molecule has 0 unspecified atom stereocenters. The molecule has 0 bridgehead atoms. The molecule has 3 heteroatoms. The fourth-order valence-electron chi connectivity index (χ4n) is 2.24. The van der Waals surface area contributed by atoms with Crippen molar-refractivity contribution in [1.29, 1.82) is 0 Å². The van der Waals surface area contributed by atoms with Gasteiger partial charge in [-0.05, 0) is 31.5 Å². The second kappa shape index (κ2) is 3.60. The van der Waals surface area contributed by atoms with E-state index in [0.29, 0.717) is 16.7 Å². The van der Waals surface area contributed by atoms with E-state index >= 15 is 0 Å². The summed E-state index contributed by atoms with van der Waals surface area (Å²) in [7, 11) is 0. The number of aryl methyl sites for hydroxylation is 2. The van der Waals surface area contributed by atoms with Gasteiger partial charge in [-0.3, -0.25) is 14.6 Å². The summed E-state index contributed by atoms with van der Waals surface area (Å²) in [5, 5.41) is 0. The highest BCUT2D eigenvalue weighted by Gasteiger charge is 2.30. The first-order valence-corrected chi connectivity index (χ1v) is 5.74.